The standard InChI is InChI=1S/C16H10Cl2FNO4S/c1-25(22,23)15-5-2-9(6-13(15)19)14-8-24-16(21)20(14)10-3-4-11(17)12(18)7-10/h2-8H,1H3. The van der Waals surface area contributed by atoms with E-state index in [-0.39, 0.29) is 16.3 Å². The van der Waals surface area contributed by atoms with Crippen molar-refractivity contribution >= 4 is 33.0 Å². The smallest absolute Gasteiger partial charge is 0.415 e. The number of hydrogen-bond acceptors (Lipinski definition) is 4. The van der Waals surface area contributed by atoms with Gasteiger partial charge in [0.1, 0.15) is 17.0 Å². The maximum absolute atomic E-state index is 14.2. The van der Waals surface area contributed by atoms with Gasteiger partial charge in [-0.2, -0.15) is 0 Å². The van der Waals surface area contributed by atoms with Crippen molar-refractivity contribution in [2.45, 2.75) is 4.90 Å². The fourth-order valence-electron chi connectivity index (χ4n) is 2.34. The lowest BCUT2D eigenvalue weighted by Crippen LogP contribution is -2.13. The van der Waals surface area contributed by atoms with Gasteiger partial charge in [0.05, 0.1) is 21.4 Å². The van der Waals surface area contributed by atoms with Crippen LogP contribution in [-0.4, -0.2) is 19.2 Å². The Balaban J connectivity index is 2.19. The molecule has 3 aromatic rings. The summed E-state index contributed by atoms with van der Waals surface area (Å²) < 4.78 is 43.3. The monoisotopic (exact) mass is 401 g/mol. The highest BCUT2D eigenvalue weighted by molar-refractivity contribution is 7.90. The lowest BCUT2D eigenvalue weighted by atomic mass is 10.1. The third-order valence-corrected chi connectivity index (χ3v) is 5.35. The zero-order valence-electron chi connectivity index (χ0n) is 12.7. The van der Waals surface area contributed by atoms with E-state index < -0.39 is 26.3 Å². The molecule has 0 radical (unpaired) electrons. The first-order valence-electron chi connectivity index (χ1n) is 6.84. The number of halogens is 3. The molecule has 0 N–H and O–H groups in total. The van der Waals surface area contributed by atoms with Crippen LogP contribution in [0.3, 0.4) is 0 Å². The van der Waals surface area contributed by atoms with Gasteiger partial charge in [-0.15, -0.1) is 0 Å². The molecule has 0 unspecified atom stereocenters. The Bertz CT molecular complexity index is 1140. The van der Waals surface area contributed by atoms with Gasteiger partial charge in [-0.1, -0.05) is 29.3 Å². The van der Waals surface area contributed by atoms with Crippen LogP contribution in [0.15, 0.2) is 56.8 Å². The van der Waals surface area contributed by atoms with Crippen LogP contribution in [-0.2, 0) is 9.84 Å². The van der Waals surface area contributed by atoms with Crippen LogP contribution < -0.4 is 5.76 Å². The zero-order chi connectivity index (χ0) is 18.4. The third kappa shape index (κ3) is 3.35. The van der Waals surface area contributed by atoms with E-state index in [4.69, 9.17) is 27.6 Å². The highest BCUT2D eigenvalue weighted by Gasteiger charge is 2.18. The number of aromatic nitrogens is 1. The number of benzene rings is 2. The third-order valence-electron chi connectivity index (χ3n) is 3.48. The number of sulfone groups is 1. The van der Waals surface area contributed by atoms with Crippen molar-refractivity contribution in [1.29, 1.82) is 0 Å². The van der Waals surface area contributed by atoms with E-state index in [9.17, 15) is 17.6 Å². The summed E-state index contributed by atoms with van der Waals surface area (Å²) in [5.41, 5.74) is 0.875. The van der Waals surface area contributed by atoms with Crippen LogP contribution in [0.5, 0.6) is 0 Å². The van der Waals surface area contributed by atoms with Crippen molar-refractivity contribution in [2.24, 2.45) is 0 Å². The second-order valence-corrected chi connectivity index (χ2v) is 8.04. The summed E-state index contributed by atoms with van der Waals surface area (Å²) in [6, 6.07) is 8.07. The summed E-state index contributed by atoms with van der Waals surface area (Å²) in [6.45, 7) is 0. The van der Waals surface area contributed by atoms with Gasteiger partial charge in [-0.3, -0.25) is 0 Å². The molecule has 0 bridgehead atoms. The van der Waals surface area contributed by atoms with Gasteiger partial charge in [0, 0.05) is 11.8 Å². The van der Waals surface area contributed by atoms with E-state index in [1.165, 1.54) is 22.8 Å². The van der Waals surface area contributed by atoms with Crippen molar-refractivity contribution in [3.63, 3.8) is 0 Å². The molecule has 3 rings (SSSR count). The SMILES string of the molecule is CS(=O)(=O)c1ccc(-c2coc(=O)n2-c2ccc(Cl)c(Cl)c2)cc1F. The number of nitrogens with zero attached hydrogens (tertiary/aromatic N) is 1. The Morgan fingerprint density at radius 3 is 2.40 bits per heavy atom. The Morgan fingerprint density at radius 1 is 1.08 bits per heavy atom. The van der Waals surface area contributed by atoms with Gasteiger partial charge < -0.3 is 4.42 Å². The van der Waals surface area contributed by atoms with Crippen LogP contribution in [0.1, 0.15) is 0 Å². The Hall–Kier alpha value is -2.09. The molecule has 25 heavy (non-hydrogen) atoms. The van der Waals surface area contributed by atoms with Crippen molar-refractivity contribution in [1.82, 2.24) is 4.57 Å². The molecule has 130 valence electrons. The first-order valence-corrected chi connectivity index (χ1v) is 9.49. The second kappa shape index (κ2) is 6.33. The molecule has 0 spiro atoms. The van der Waals surface area contributed by atoms with Crippen LogP contribution in [0, 0.1) is 5.82 Å². The average molecular weight is 402 g/mol. The predicted octanol–water partition coefficient (Wildman–Crippen LogP) is 3.95. The van der Waals surface area contributed by atoms with E-state index in [1.54, 1.807) is 6.07 Å². The van der Waals surface area contributed by atoms with E-state index >= 15 is 0 Å². The molecule has 0 amide bonds. The quantitative estimate of drug-likeness (QED) is 0.666. The molecule has 2 aromatic carbocycles. The van der Waals surface area contributed by atoms with Crippen LogP contribution in [0.4, 0.5) is 4.39 Å². The predicted molar refractivity (Wildman–Crippen MR) is 92.8 cm³/mol. The largest absolute Gasteiger partial charge is 0.424 e. The van der Waals surface area contributed by atoms with Gasteiger partial charge in [-0.25, -0.2) is 22.2 Å². The molecule has 1 heterocycles. The maximum Gasteiger partial charge on any atom is 0.424 e. The van der Waals surface area contributed by atoms with Crippen molar-refractivity contribution < 1.29 is 17.2 Å². The summed E-state index contributed by atoms with van der Waals surface area (Å²) in [5.74, 6) is -1.63. The minimum absolute atomic E-state index is 0.233. The molecule has 0 aliphatic rings. The summed E-state index contributed by atoms with van der Waals surface area (Å²) in [4.78, 5) is 11.6. The molecule has 9 heteroatoms. The lowest BCUT2D eigenvalue weighted by molar-refractivity contribution is 0.504. The van der Waals surface area contributed by atoms with Crippen LogP contribution in [0.2, 0.25) is 10.0 Å². The summed E-state index contributed by atoms with van der Waals surface area (Å²) in [7, 11) is -3.70. The van der Waals surface area contributed by atoms with Gasteiger partial charge >= 0.3 is 5.76 Å². The van der Waals surface area contributed by atoms with E-state index in [2.05, 4.69) is 0 Å². The van der Waals surface area contributed by atoms with E-state index in [0.29, 0.717) is 10.7 Å². The molecule has 1 aromatic heterocycles. The van der Waals surface area contributed by atoms with Crippen LogP contribution in [0.25, 0.3) is 16.9 Å². The Morgan fingerprint density at radius 2 is 1.80 bits per heavy atom. The molecular weight excluding hydrogens is 392 g/mol. The van der Waals surface area contributed by atoms with Gasteiger partial charge in [-0.05, 0) is 30.3 Å². The number of rotatable bonds is 3. The summed E-state index contributed by atoms with van der Waals surface area (Å²) >= 11 is 11.8. The van der Waals surface area contributed by atoms with Crippen molar-refractivity contribution in [3.05, 3.63) is 69.1 Å². The molecule has 0 aliphatic heterocycles. The molecular formula is C16H10Cl2FNO4S. The highest BCUT2D eigenvalue weighted by Crippen LogP contribution is 2.28. The molecule has 0 fully saturated rings. The molecule has 0 atom stereocenters. The topological polar surface area (TPSA) is 69.3 Å². The first-order chi connectivity index (χ1) is 11.7. The normalized spacial score (nSPS) is 11.7. The summed E-state index contributed by atoms with van der Waals surface area (Å²) in [6.07, 6.45) is 2.06. The minimum Gasteiger partial charge on any atom is -0.415 e. The van der Waals surface area contributed by atoms with Gasteiger partial charge in [0.25, 0.3) is 0 Å². The van der Waals surface area contributed by atoms with Crippen molar-refractivity contribution in [3.8, 4) is 16.9 Å². The van der Waals surface area contributed by atoms with E-state index in [0.717, 1.165) is 24.7 Å². The second-order valence-electron chi connectivity index (χ2n) is 5.24. The lowest BCUT2D eigenvalue weighted by Gasteiger charge is -2.08. The molecule has 0 saturated carbocycles. The van der Waals surface area contributed by atoms with Gasteiger partial charge in [0.15, 0.2) is 9.84 Å². The number of oxazole rings is 1. The first kappa shape index (κ1) is 17.7. The fourth-order valence-corrected chi connectivity index (χ4v) is 3.36. The molecule has 5 nitrogen and oxygen atoms in total. The zero-order valence-corrected chi connectivity index (χ0v) is 15.0. The van der Waals surface area contributed by atoms with E-state index in [1.807, 2.05) is 0 Å². The maximum atomic E-state index is 14.2. The molecule has 0 aliphatic carbocycles. The van der Waals surface area contributed by atoms with Crippen molar-refractivity contribution in [2.75, 3.05) is 6.26 Å². The van der Waals surface area contributed by atoms with Crippen LogP contribution >= 0.6 is 23.2 Å². The molecule has 0 saturated heterocycles. The number of hydrogen-bond donors (Lipinski definition) is 0. The Kier molecular flexibility index (Phi) is 4.49. The average Bonchev–Trinajstić information content (AvgIpc) is 2.90. The Labute approximate surface area is 152 Å². The van der Waals surface area contributed by atoms with Gasteiger partial charge in [0.2, 0.25) is 0 Å². The summed E-state index contributed by atoms with van der Waals surface area (Å²) in [5, 5.41) is 0.545. The highest BCUT2D eigenvalue weighted by atomic mass is 35.5. The fraction of sp³-hybridized carbons (Fsp3) is 0.0625. The minimum atomic E-state index is -3.70.